The first-order valence-corrected chi connectivity index (χ1v) is 15.4. The average Bonchev–Trinajstić information content (AvgIpc) is 3.65. The SMILES string of the molecule is N#Cc1cccc(-c2cccc(-c3cc(-n4c5ccccc5c5ccccc54)nc(-n4c5ccccc5c5ccccc54)c3)c2)c1. The average molecular weight is 587 g/mol. The van der Waals surface area contributed by atoms with Crippen molar-refractivity contribution in [3.05, 3.63) is 163 Å². The van der Waals surface area contributed by atoms with Gasteiger partial charge in [0.1, 0.15) is 11.6 Å². The third kappa shape index (κ3) is 4.03. The molecule has 0 bridgehead atoms. The maximum atomic E-state index is 9.52. The lowest BCUT2D eigenvalue weighted by Crippen LogP contribution is -2.04. The lowest BCUT2D eigenvalue weighted by Gasteiger charge is -2.15. The van der Waals surface area contributed by atoms with Crippen molar-refractivity contribution < 1.29 is 0 Å². The highest BCUT2D eigenvalue weighted by atomic mass is 15.1. The topological polar surface area (TPSA) is 46.5 Å². The van der Waals surface area contributed by atoms with Crippen LogP contribution in [0.1, 0.15) is 5.56 Å². The summed E-state index contributed by atoms with van der Waals surface area (Å²) in [6, 6.07) is 57.2. The first kappa shape index (κ1) is 26.0. The molecule has 0 saturated heterocycles. The minimum atomic E-state index is 0.647. The number of para-hydroxylation sites is 4. The number of aromatic nitrogens is 3. The van der Waals surface area contributed by atoms with Crippen LogP contribution in [-0.2, 0) is 0 Å². The van der Waals surface area contributed by atoms with Crippen LogP contribution in [0.5, 0.6) is 0 Å². The molecule has 0 N–H and O–H groups in total. The summed E-state index contributed by atoms with van der Waals surface area (Å²) in [5.41, 5.74) is 9.31. The van der Waals surface area contributed by atoms with Crippen LogP contribution in [-0.4, -0.2) is 14.1 Å². The summed E-state index contributed by atoms with van der Waals surface area (Å²) < 4.78 is 4.57. The first-order chi connectivity index (χ1) is 22.8. The standard InChI is InChI=1S/C42H26N4/c43-27-28-11-9-12-29(23-28)30-13-10-14-31(24-30)32-25-41(45-37-19-5-1-15-33(37)34-16-2-6-20-38(34)45)44-42(26-32)46-39-21-7-3-17-35(39)36-18-4-8-22-40(36)46/h1-26H. The summed E-state index contributed by atoms with van der Waals surface area (Å²) in [5, 5.41) is 14.3. The van der Waals surface area contributed by atoms with E-state index in [0.29, 0.717) is 5.56 Å². The van der Waals surface area contributed by atoms with E-state index in [0.717, 1.165) is 56.0 Å². The van der Waals surface area contributed by atoms with Crippen LogP contribution in [0.15, 0.2) is 158 Å². The minimum Gasteiger partial charge on any atom is -0.294 e. The zero-order chi connectivity index (χ0) is 30.6. The fourth-order valence-electron chi connectivity index (χ4n) is 6.88. The Hall–Kier alpha value is -6.44. The maximum absolute atomic E-state index is 9.52. The Morgan fingerprint density at radius 1 is 0.391 bits per heavy atom. The number of fused-ring (bicyclic) bond motifs is 6. The predicted molar refractivity (Wildman–Crippen MR) is 189 cm³/mol. The number of pyridine rings is 1. The molecule has 214 valence electrons. The molecule has 46 heavy (non-hydrogen) atoms. The number of nitriles is 1. The number of hydrogen-bond acceptors (Lipinski definition) is 2. The summed E-state index contributed by atoms with van der Waals surface area (Å²) in [5.74, 6) is 1.70. The maximum Gasteiger partial charge on any atom is 0.140 e. The van der Waals surface area contributed by atoms with Crippen LogP contribution in [0.25, 0.3) is 77.5 Å². The van der Waals surface area contributed by atoms with Gasteiger partial charge in [0, 0.05) is 21.5 Å². The lowest BCUT2D eigenvalue weighted by molar-refractivity contribution is 1.01. The van der Waals surface area contributed by atoms with E-state index in [1.807, 2.05) is 18.2 Å². The molecule has 0 spiro atoms. The normalized spacial score (nSPS) is 11.5. The number of rotatable bonds is 4. The van der Waals surface area contributed by atoms with Gasteiger partial charge in [-0.15, -0.1) is 0 Å². The Morgan fingerprint density at radius 3 is 1.24 bits per heavy atom. The molecule has 0 aliphatic rings. The van der Waals surface area contributed by atoms with E-state index in [4.69, 9.17) is 4.98 Å². The molecule has 9 rings (SSSR count). The minimum absolute atomic E-state index is 0.647. The molecule has 0 amide bonds. The van der Waals surface area contributed by atoms with Crippen molar-refractivity contribution >= 4 is 43.6 Å². The molecule has 0 aliphatic carbocycles. The van der Waals surface area contributed by atoms with Crippen molar-refractivity contribution in [1.82, 2.24) is 14.1 Å². The monoisotopic (exact) mass is 586 g/mol. The fourth-order valence-corrected chi connectivity index (χ4v) is 6.88. The van der Waals surface area contributed by atoms with Crippen molar-refractivity contribution in [2.75, 3.05) is 0 Å². The molecule has 9 aromatic rings. The Balaban J connectivity index is 1.36. The molecule has 0 unspecified atom stereocenters. The van der Waals surface area contributed by atoms with Crippen LogP contribution in [0.3, 0.4) is 0 Å². The van der Waals surface area contributed by atoms with Gasteiger partial charge in [-0.2, -0.15) is 5.26 Å². The van der Waals surface area contributed by atoms with Gasteiger partial charge in [-0.1, -0.05) is 103 Å². The molecule has 3 aromatic heterocycles. The Kier molecular flexibility index (Phi) is 5.84. The van der Waals surface area contributed by atoms with Gasteiger partial charge in [-0.25, -0.2) is 4.98 Å². The Morgan fingerprint density at radius 2 is 0.783 bits per heavy atom. The van der Waals surface area contributed by atoms with Crippen molar-refractivity contribution in [3.8, 4) is 40.0 Å². The second-order valence-corrected chi connectivity index (χ2v) is 11.6. The molecule has 4 heteroatoms. The smallest absolute Gasteiger partial charge is 0.140 e. The van der Waals surface area contributed by atoms with E-state index < -0.39 is 0 Å². The van der Waals surface area contributed by atoms with Crippen molar-refractivity contribution in [2.24, 2.45) is 0 Å². The molecule has 0 fully saturated rings. The molecule has 3 heterocycles. The van der Waals surface area contributed by atoms with Crippen LogP contribution in [0.2, 0.25) is 0 Å². The van der Waals surface area contributed by atoms with Gasteiger partial charge in [0.2, 0.25) is 0 Å². The second-order valence-electron chi connectivity index (χ2n) is 11.6. The zero-order valence-corrected chi connectivity index (χ0v) is 24.8. The van der Waals surface area contributed by atoms with Crippen LogP contribution in [0.4, 0.5) is 0 Å². The molecule has 6 aromatic carbocycles. The molecule has 0 radical (unpaired) electrons. The largest absolute Gasteiger partial charge is 0.294 e. The van der Waals surface area contributed by atoms with Crippen molar-refractivity contribution in [1.29, 1.82) is 5.26 Å². The van der Waals surface area contributed by atoms with Gasteiger partial charge in [0.05, 0.1) is 33.7 Å². The van der Waals surface area contributed by atoms with E-state index in [1.165, 1.54) is 21.5 Å². The van der Waals surface area contributed by atoms with Crippen molar-refractivity contribution in [3.63, 3.8) is 0 Å². The summed E-state index contributed by atoms with van der Waals surface area (Å²) in [6.07, 6.45) is 0. The highest BCUT2D eigenvalue weighted by Gasteiger charge is 2.18. The molecular formula is C42H26N4. The number of nitrogens with zero attached hydrogens (tertiary/aromatic N) is 4. The molecule has 0 atom stereocenters. The summed E-state index contributed by atoms with van der Waals surface area (Å²) in [7, 11) is 0. The first-order valence-electron chi connectivity index (χ1n) is 15.4. The van der Waals surface area contributed by atoms with Gasteiger partial charge >= 0.3 is 0 Å². The van der Waals surface area contributed by atoms with Gasteiger partial charge in [-0.05, 0) is 76.9 Å². The summed E-state index contributed by atoms with van der Waals surface area (Å²) in [4.78, 5) is 5.44. The van der Waals surface area contributed by atoms with E-state index in [1.54, 1.807) is 0 Å². The van der Waals surface area contributed by atoms with Gasteiger partial charge in [0.15, 0.2) is 0 Å². The Labute approximate surface area is 265 Å². The third-order valence-corrected chi connectivity index (χ3v) is 8.94. The van der Waals surface area contributed by atoms with Crippen LogP contribution >= 0.6 is 0 Å². The molecule has 0 saturated carbocycles. The van der Waals surface area contributed by atoms with Crippen molar-refractivity contribution in [2.45, 2.75) is 0 Å². The van der Waals surface area contributed by atoms with E-state index in [-0.39, 0.29) is 0 Å². The Bertz CT molecular complexity index is 2430. The summed E-state index contributed by atoms with van der Waals surface area (Å²) >= 11 is 0. The van der Waals surface area contributed by atoms with E-state index in [2.05, 4.69) is 155 Å². The molecular weight excluding hydrogens is 560 g/mol. The lowest BCUT2D eigenvalue weighted by atomic mass is 9.98. The number of hydrogen-bond donors (Lipinski definition) is 0. The van der Waals surface area contributed by atoms with E-state index >= 15 is 0 Å². The zero-order valence-electron chi connectivity index (χ0n) is 24.8. The summed E-state index contributed by atoms with van der Waals surface area (Å²) in [6.45, 7) is 0. The van der Waals surface area contributed by atoms with Crippen LogP contribution in [0, 0.1) is 11.3 Å². The fraction of sp³-hybridized carbons (Fsp3) is 0. The van der Waals surface area contributed by atoms with Gasteiger partial charge < -0.3 is 0 Å². The second kappa shape index (κ2) is 10.3. The van der Waals surface area contributed by atoms with Gasteiger partial charge in [-0.3, -0.25) is 9.13 Å². The number of benzene rings is 6. The highest BCUT2D eigenvalue weighted by Crippen LogP contribution is 2.37. The molecule has 0 aliphatic heterocycles. The van der Waals surface area contributed by atoms with E-state index in [9.17, 15) is 5.26 Å². The third-order valence-electron chi connectivity index (χ3n) is 8.94. The predicted octanol–water partition coefficient (Wildman–Crippen LogP) is 10.5. The molecule has 4 nitrogen and oxygen atoms in total. The highest BCUT2D eigenvalue weighted by molar-refractivity contribution is 6.10. The quantitative estimate of drug-likeness (QED) is 0.206. The van der Waals surface area contributed by atoms with Crippen LogP contribution < -0.4 is 0 Å². The van der Waals surface area contributed by atoms with Gasteiger partial charge in [0.25, 0.3) is 0 Å².